The molecular formula is C14H29NO2. The van der Waals surface area contributed by atoms with Crippen LogP contribution in [0.15, 0.2) is 0 Å². The van der Waals surface area contributed by atoms with Gasteiger partial charge in [0.2, 0.25) is 0 Å². The maximum absolute atomic E-state index is 9.61. The molecule has 17 heavy (non-hydrogen) atoms. The Morgan fingerprint density at radius 1 is 1.18 bits per heavy atom. The zero-order valence-corrected chi connectivity index (χ0v) is 11.6. The van der Waals surface area contributed by atoms with Gasteiger partial charge in [0, 0.05) is 18.6 Å². The van der Waals surface area contributed by atoms with Gasteiger partial charge in [-0.05, 0) is 32.4 Å². The molecule has 0 bridgehead atoms. The summed E-state index contributed by atoms with van der Waals surface area (Å²) in [5.41, 5.74) is 0.0154. The third kappa shape index (κ3) is 4.94. The van der Waals surface area contributed by atoms with E-state index < -0.39 is 0 Å². The highest BCUT2D eigenvalue weighted by Gasteiger charge is 2.35. The van der Waals surface area contributed by atoms with E-state index in [2.05, 4.69) is 18.7 Å². The third-order valence-corrected chi connectivity index (χ3v) is 3.74. The third-order valence-electron chi connectivity index (χ3n) is 3.74. The number of hydrogen-bond donors (Lipinski definition) is 1. The lowest BCUT2D eigenvalue weighted by molar-refractivity contribution is 0.0557. The molecule has 3 nitrogen and oxygen atoms in total. The Labute approximate surface area is 106 Å². The molecule has 0 radical (unpaired) electrons. The van der Waals surface area contributed by atoms with Crippen molar-refractivity contribution in [3.05, 3.63) is 0 Å². The molecule has 0 aliphatic carbocycles. The number of aliphatic hydroxyl groups is 1. The summed E-state index contributed by atoms with van der Waals surface area (Å²) in [5.74, 6) is 0. The van der Waals surface area contributed by atoms with E-state index in [1.165, 1.54) is 25.7 Å². The standard InChI is InChI=1S/C14H29NO2/c1-3-5-8-15(9-6-4-2)11-14(12-16)7-10-17-13-14/h16H,3-13H2,1-2H3. The Hall–Kier alpha value is -0.120. The van der Waals surface area contributed by atoms with Crippen LogP contribution in [-0.4, -0.2) is 49.5 Å². The molecule has 1 unspecified atom stereocenters. The van der Waals surface area contributed by atoms with Gasteiger partial charge in [0.05, 0.1) is 13.2 Å². The van der Waals surface area contributed by atoms with Crippen molar-refractivity contribution in [2.24, 2.45) is 5.41 Å². The maximum Gasteiger partial charge on any atom is 0.0557 e. The predicted molar refractivity (Wildman–Crippen MR) is 71.2 cm³/mol. The number of aliphatic hydroxyl groups excluding tert-OH is 1. The topological polar surface area (TPSA) is 32.7 Å². The van der Waals surface area contributed by atoms with Crippen molar-refractivity contribution in [3.63, 3.8) is 0 Å². The lowest BCUT2D eigenvalue weighted by Crippen LogP contribution is -2.41. The summed E-state index contributed by atoms with van der Waals surface area (Å²) in [6, 6.07) is 0. The minimum atomic E-state index is 0.0154. The van der Waals surface area contributed by atoms with Crippen molar-refractivity contribution in [3.8, 4) is 0 Å². The minimum Gasteiger partial charge on any atom is -0.396 e. The Balaban J connectivity index is 2.44. The summed E-state index contributed by atoms with van der Waals surface area (Å²) in [6.07, 6.45) is 6.01. The molecule has 0 aromatic carbocycles. The van der Waals surface area contributed by atoms with Crippen LogP contribution in [0.1, 0.15) is 46.0 Å². The summed E-state index contributed by atoms with van der Waals surface area (Å²) in [6.45, 7) is 9.62. The summed E-state index contributed by atoms with van der Waals surface area (Å²) >= 11 is 0. The molecule has 0 aromatic heterocycles. The Morgan fingerprint density at radius 2 is 1.82 bits per heavy atom. The Morgan fingerprint density at radius 3 is 2.24 bits per heavy atom. The second-order valence-corrected chi connectivity index (χ2v) is 5.44. The molecule has 1 rings (SSSR count). The molecule has 0 saturated carbocycles. The van der Waals surface area contributed by atoms with Crippen LogP contribution in [0.25, 0.3) is 0 Å². The van der Waals surface area contributed by atoms with Gasteiger partial charge < -0.3 is 14.7 Å². The summed E-state index contributed by atoms with van der Waals surface area (Å²) in [5, 5.41) is 9.61. The van der Waals surface area contributed by atoms with Gasteiger partial charge in [-0.3, -0.25) is 0 Å². The molecule has 1 aliphatic rings. The smallest absolute Gasteiger partial charge is 0.0557 e. The number of hydrogen-bond acceptors (Lipinski definition) is 3. The molecule has 0 spiro atoms. The fraction of sp³-hybridized carbons (Fsp3) is 1.00. The molecule has 0 amide bonds. The summed E-state index contributed by atoms with van der Waals surface area (Å²) in [4.78, 5) is 2.53. The first-order chi connectivity index (χ1) is 8.26. The number of ether oxygens (including phenoxy) is 1. The van der Waals surface area contributed by atoms with Crippen LogP contribution in [0.5, 0.6) is 0 Å². The van der Waals surface area contributed by atoms with Crippen molar-refractivity contribution >= 4 is 0 Å². The molecule has 1 atom stereocenters. The highest BCUT2D eigenvalue weighted by Crippen LogP contribution is 2.29. The van der Waals surface area contributed by atoms with Crippen LogP contribution in [0, 0.1) is 5.41 Å². The molecule has 1 saturated heterocycles. The molecule has 102 valence electrons. The minimum absolute atomic E-state index is 0.0154. The van der Waals surface area contributed by atoms with Gasteiger partial charge in [-0.2, -0.15) is 0 Å². The van der Waals surface area contributed by atoms with Gasteiger partial charge >= 0.3 is 0 Å². The van der Waals surface area contributed by atoms with Crippen molar-refractivity contribution in [2.45, 2.75) is 46.0 Å². The average Bonchev–Trinajstić information content (AvgIpc) is 2.82. The van der Waals surface area contributed by atoms with Crippen molar-refractivity contribution in [1.29, 1.82) is 0 Å². The van der Waals surface area contributed by atoms with E-state index in [-0.39, 0.29) is 12.0 Å². The average molecular weight is 243 g/mol. The fourth-order valence-corrected chi connectivity index (χ4v) is 2.46. The Kier molecular flexibility index (Phi) is 7.09. The zero-order chi connectivity index (χ0) is 12.6. The molecule has 1 aliphatic heterocycles. The van der Waals surface area contributed by atoms with Crippen LogP contribution in [0.4, 0.5) is 0 Å². The van der Waals surface area contributed by atoms with Gasteiger partial charge in [-0.1, -0.05) is 26.7 Å². The van der Waals surface area contributed by atoms with Crippen LogP contribution in [0.3, 0.4) is 0 Å². The highest BCUT2D eigenvalue weighted by molar-refractivity contribution is 4.86. The first-order valence-electron chi connectivity index (χ1n) is 7.17. The monoisotopic (exact) mass is 243 g/mol. The second-order valence-electron chi connectivity index (χ2n) is 5.44. The van der Waals surface area contributed by atoms with E-state index in [0.29, 0.717) is 0 Å². The van der Waals surface area contributed by atoms with Gasteiger partial charge in [0.25, 0.3) is 0 Å². The molecule has 1 heterocycles. The van der Waals surface area contributed by atoms with E-state index in [1.54, 1.807) is 0 Å². The van der Waals surface area contributed by atoms with Crippen molar-refractivity contribution < 1.29 is 9.84 Å². The van der Waals surface area contributed by atoms with Gasteiger partial charge in [-0.25, -0.2) is 0 Å². The first kappa shape index (κ1) is 14.9. The maximum atomic E-state index is 9.61. The van der Waals surface area contributed by atoms with E-state index in [4.69, 9.17) is 4.74 Å². The molecule has 1 fully saturated rings. The van der Waals surface area contributed by atoms with E-state index in [9.17, 15) is 5.11 Å². The summed E-state index contributed by atoms with van der Waals surface area (Å²) in [7, 11) is 0. The van der Waals surface area contributed by atoms with E-state index >= 15 is 0 Å². The normalized spacial score (nSPS) is 24.7. The molecular weight excluding hydrogens is 214 g/mol. The van der Waals surface area contributed by atoms with Gasteiger partial charge in [0.1, 0.15) is 0 Å². The highest BCUT2D eigenvalue weighted by atomic mass is 16.5. The summed E-state index contributed by atoms with van der Waals surface area (Å²) < 4.78 is 5.47. The molecule has 0 aromatic rings. The molecule has 3 heteroatoms. The SMILES string of the molecule is CCCCN(CCCC)CC1(CO)CCOC1. The van der Waals surface area contributed by atoms with Crippen LogP contribution in [0.2, 0.25) is 0 Å². The number of nitrogens with zero attached hydrogens (tertiary/aromatic N) is 1. The largest absolute Gasteiger partial charge is 0.396 e. The first-order valence-corrected chi connectivity index (χ1v) is 7.17. The van der Waals surface area contributed by atoms with Gasteiger partial charge in [-0.15, -0.1) is 0 Å². The number of unbranched alkanes of at least 4 members (excludes halogenated alkanes) is 2. The van der Waals surface area contributed by atoms with E-state index in [1.807, 2.05) is 0 Å². The number of rotatable bonds is 9. The van der Waals surface area contributed by atoms with Crippen LogP contribution >= 0.6 is 0 Å². The zero-order valence-electron chi connectivity index (χ0n) is 11.6. The Bertz CT molecular complexity index is 183. The lowest BCUT2D eigenvalue weighted by Gasteiger charge is -2.33. The lowest BCUT2D eigenvalue weighted by atomic mass is 9.87. The van der Waals surface area contributed by atoms with Crippen LogP contribution < -0.4 is 0 Å². The quantitative estimate of drug-likeness (QED) is 0.674. The van der Waals surface area contributed by atoms with Crippen molar-refractivity contribution in [1.82, 2.24) is 4.90 Å². The second kappa shape index (κ2) is 8.06. The molecule has 1 N–H and O–H groups in total. The fourth-order valence-electron chi connectivity index (χ4n) is 2.46. The van der Waals surface area contributed by atoms with Crippen LogP contribution in [-0.2, 0) is 4.74 Å². The van der Waals surface area contributed by atoms with Gasteiger partial charge in [0.15, 0.2) is 0 Å². The van der Waals surface area contributed by atoms with E-state index in [0.717, 1.165) is 39.3 Å². The van der Waals surface area contributed by atoms with Crippen molar-refractivity contribution in [2.75, 3.05) is 39.5 Å². The predicted octanol–water partition coefficient (Wildman–Crippen LogP) is 2.29.